The van der Waals surface area contributed by atoms with Gasteiger partial charge in [-0.15, -0.1) is 0 Å². The minimum atomic E-state index is -0.631. The summed E-state index contributed by atoms with van der Waals surface area (Å²) in [5.41, 5.74) is 0. The lowest BCUT2D eigenvalue weighted by atomic mass is 10.1. The number of hydrogen-bond acceptors (Lipinski definition) is 4. The van der Waals surface area contributed by atoms with E-state index in [9.17, 15) is 9.59 Å². The minimum Gasteiger partial charge on any atom is -0.353 e. The van der Waals surface area contributed by atoms with Crippen LogP contribution in [0.5, 0.6) is 0 Å². The van der Waals surface area contributed by atoms with E-state index in [4.69, 9.17) is 9.47 Å². The molecule has 0 radical (unpaired) electrons. The molecular weight excluding hydrogens is 294 g/mol. The zero-order chi connectivity index (χ0) is 17.1. The fourth-order valence-corrected chi connectivity index (χ4v) is 2.92. The smallest absolute Gasteiger partial charge is 0.227 e. The van der Waals surface area contributed by atoms with Gasteiger partial charge in [-0.2, -0.15) is 0 Å². The van der Waals surface area contributed by atoms with Gasteiger partial charge in [0.1, 0.15) is 5.78 Å². The number of hydrogen-bond donors (Lipinski definition) is 1. The number of nitrogens with one attached hydrogen (secondary N) is 1. The molecule has 134 valence electrons. The summed E-state index contributed by atoms with van der Waals surface area (Å²) in [6.07, 6.45) is 7.53. The second kappa shape index (κ2) is 10.8. The Hall–Kier alpha value is -0.940. The van der Waals surface area contributed by atoms with Gasteiger partial charge >= 0.3 is 0 Å². The highest BCUT2D eigenvalue weighted by Gasteiger charge is 2.31. The summed E-state index contributed by atoms with van der Waals surface area (Å²) in [5, 5.41) is 2.87. The van der Waals surface area contributed by atoms with Crippen molar-refractivity contribution in [3.8, 4) is 0 Å². The average Bonchev–Trinajstić information content (AvgIpc) is 2.46. The maximum atomic E-state index is 11.9. The van der Waals surface area contributed by atoms with Gasteiger partial charge in [-0.05, 0) is 26.7 Å². The molecule has 0 bridgehead atoms. The number of unbranched alkanes of at least 4 members (excludes halogenated alkanes) is 4. The molecule has 0 aromatic heterocycles. The fourth-order valence-electron chi connectivity index (χ4n) is 2.92. The first-order valence-corrected chi connectivity index (χ1v) is 9.04. The third-order valence-electron chi connectivity index (χ3n) is 4.10. The van der Waals surface area contributed by atoms with Crippen molar-refractivity contribution in [2.75, 3.05) is 13.2 Å². The minimum absolute atomic E-state index is 0.0173. The van der Waals surface area contributed by atoms with Gasteiger partial charge in [0.2, 0.25) is 5.91 Å². The lowest BCUT2D eigenvalue weighted by molar-refractivity contribution is -0.260. The molecule has 0 aromatic carbocycles. The van der Waals surface area contributed by atoms with E-state index in [-0.39, 0.29) is 24.2 Å². The van der Waals surface area contributed by atoms with Gasteiger partial charge < -0.3 is 14.8 Å². The molecule has 0 spiro atoms. The highest BCUT2D eigenvalue weighted by Crippen LogP contribution is 2.23. The Morgan fingerprint density at radius 3 is 2.43 bits per heavy atom. The predicted molar refractivity (Wildman–Crippen MR) is 90.1 cm³/mol. The van der Waals surface area contributed by atoms with E-state index in [0.717, 1.165) is 19.3 Å². The normalized spacial score (nSPS) is 18.4. The van der Waals surface area contributed by atoms with Crippen molar-refractivity contribution in [3.05, 3.63) is 0 Å². The fraction of sp³-hybridized carbons (Fsp3) is 0.889. The molecule has 0 saturated carbocycles. The number of carbonyl (C=O) groups is 2. The summed E-state index contributed by atoms with van der Waals surface area (Å²) in [5.74, 6) is -0.799. The highest BCUT2D eigenvalue weighted by atomic mass is 16.7. The monoisotopic (exact) mass is 327 g/mol. The van der Waals surface area contributed by atoms with E-state index >= 15 is 0 Å². The van der Waals surface area contributed by atoms with Gasteiger partial charge in [-0.3, -0.25) is 9.59 Å². The molecule has 0 aromatic rings. The quantitative estimate of drug-likeness (QED) is 0.467. The second-order valence-electron chi connectivity index (χ2n) is 6.74. The molecule has 23 heavy (non-hydrogen) atoms. The molecule has 1 atom stereocenters. The molecule has 5 nitrogen and oxygen atoms in total. The van der Waals surface area contributed by atoms with Crippen LogP contribution < -0.4 is 5.32 Å². The van der Waals surface area contributed by atoms with Crippen molar-refractivity contribution in [3.63, 3.8) is 0 Å². The number of carbonyl (C=O) groups excluding carboxylic acids is 2. The average molecular weight is 327 g/mol. The topological polar surface area (TPSA) is 64.6 Å². The Kier molecular flexibility index (Phi) is 9.41. The van der Waals surface area contributed by atoms with Crippen molar-refractivity contribution in [1.29, 1.82) is 0 Å². The molecule has 1 saturated heterocycles. The summed E-state index contributed by atoms with van der Waals surface area (Å²) in [6.45, 7) is 7.36. The standard InChI is InChI=1S/C18H33NO4/c1-4-5-6-7-8-10-16(20)13-17(21)19-15(2)14-18(3)22-11-9-12-23-18/h15H,4-14H2,1-3H3,(H,19,21)/t15-/m0/s1. The van der Waals surface area contributed by atoms with Gasteiger partial charge in [0.25, 0.3) is 0 Å². The molecule has 0 unspecified atom stereocenters. The first-order chi connectivity index (χ1) is 10.9. The zero-order valence-corrected chi connectivity index (χ0v) is 15.0. The van der Waals surface area contributed by atoms with Crippen LogP contribution in [0.4, 0.5) is 0 Å². The second-order valence-corrected chi connectivity index (χ2v) is 6.74. The van der Waals surface area contributed by atoms with Gasteiger partial charge in [0, 0.05) is 18.9 Å². The van der Waals surface area contributed by atoms with E-state index in [1.807, 2.05) is 13.8 Å². The maximum absolute atomic E-state index is 11.9. The number of Topliss-reactive ketones (excluding diaryl/α,β-unsaturated/α-hetero) is 1. The molecule has 1 aliphatic rings. The third-order valence-corrected chi connectivity index (χ3v) is 4.10. The maximum Gasteiger partial charge on any atom is 0.227 e. The van der Waals surface area contributed by atoms with Crippen LogP contribution in [0.15, 0.2) is 0 Å². The summed E-state index contributed by atoms with van der Waals surface area (Å²) < 4.78 is 11.3. The van der Waals surface area contributed by atoms with Crippen molar-refractivity contribution in [1.82, 2.24) is 5.32 Å². The first kappa shape index (κ1) is 20.1. The zero-order valence-electron chi connectivity index (χ0n) is 15.0. The third kappa shape index (κ3) is 9.06. The summed E-state index contributed by atoms with van der Waals surface area (Å²) in [4.78, 5) is 23.7. The van der Waals surface area contributed by atoms with Crippen LogP contribution in [0, 0.1) is 0 Å². The Morgan fingerprint density at radius 2 is 1.78 bits per heavy atom. The van der Waals surface area contributed by atoms with Gasteiger partial charge in [0.15, 0.2) is 5.79 Å². The van der Waals surface area contributed by atoms with Crippen molar-refractivity contribution < 1.29 is 19.1 Å². The molecule has 1 fully saturated rings. The molecule has 1 rings (SSSR count). The molecule has 1 aliphatic heterocycles. The van der Waals surface area contributed by atoms with E-state index in [2.05, 4.69) is 12.2 Å². The van der Waals surface area contributed by atoms with Crippen molar-refractivity contribution in [2.24, 2.45) is 0 Å². The van der Waals surface area contributed by atoms with Crippen LogP contribution in [0.2, 0.25) is 0 Å². The Labute approximate surface area is 140 Å². The van der Waals surface area contributed by atoms with Gasteiger partial charge in [-0.25, -0.2) is 0 Å². The van der Waals surface area contributed by atoms with Crippen LogP contribution in [0.1, 0.15) is 78.6 Å². The van der Waals surface area contributed by atoms with Gasteiger partial charge in [-0.1, -0.05) is 32.6 Å². The van der Waals surface area contributed by atoms with Gasteiger partial charge in [0.05, 0.1) is 19.6 Å². The van der Waals surface area contributed by atoms with E-state index < -0.39 is 5.79 Å². The van der Waals surface area contributed by atoms with E-state index in [1.54, 1.807) is 0 Å². The first-order valence-electron chi connectivity index (χ1n) is 9.04. The Morgan fingerprint density at radius 1 is 1.13 bits per heavy atom. The van der Waals surface area contributed by atoms with Crippen LogP contribution in [-0.2, 0) is 19.1 Å². The van der Waals surface area contributed by atoms with Crippen molar-refractivity contribution in [2.45, 2.75) is 90.4 Å². The van der Waals surface area contributed by atoms with Crippen LogP contribution in [0.25, 0.3) is 0 Å². The van der Waals surface area contributed by atoms with E-state index in [1.165, 1.54) is 19.3 Å². The van der Waals surface area contributed by atoms with E-state index in [0.29, 0.717) is 26.1 Å². The number of amides is 1. The Bertz CT molecular complexity index is 364. The largest absolute Gasteiger partial charge is 0.353 e. The SMILES string of the molecule is CCCCCCCC(=O)CC(=O)N[C@@H](C)CC1(C)OCCCO1. The number of rotatable bonds is 11. The Balaban J connectivity index is 2.17. The summed E-state index contributed by atoms with van der Waals surface area (Å²) >= 11 is 0. The lowest BCUT2D eigenvalue weighted by Gasteiger charge is -2.35. The molecule has 0 aliphatic carbocycles. The highest BCUT2D eigenvalue weighted by molar-refractivity contribution is 5.98. The molecule has 1 heterocycles. The molecular formula is C18H33NO4. The predicted octanol–water partition coefficient (Wildman–Crippen LogP) is 3.35. The summed E-state index contributed by atoms with van der Waals surface area (Å²) in [7, 11) is 0. The van der Waals surface area contributed by atoms with Crippen LogP contribution in [0.3, 0.4) is 0 Å². The molecule has 1 N–H and O–H groups in total. The number of ether oxygens (including phenoxy) is 2. The van der Waals surface area contributed by atoms with Crippen LogP contribution in [-0.4, -0.2) is 36.7 Å². The molecule has 1 amide bonds. The molecule has 5 heteroatoms. The van der Waals surface area contributed by atoms with Crippen molar-refractivity contribution >= 4 is 11.7 Å². The lowest BCUT2D eigenvalue weighted by Crippen LogP contribution is -2.45. The summed E-state index contributed by atoms with van der Waals surface area (Å²) in [6, 6.07) is -0.0806. The number of ketones is 1. The van der Waals surface area contributed by atoms with Crippen LogP contribution >= 0.6 is 0 Å².